The Morgan fingerprint density at radius 2 is 1.61 bits per heavy atom. The van der Waals surface area contributed by atoms with E-state index in [1.807, 2.05) is 12.1 Å². The molecule has 0 heterocycles. The average molecular weight is 382 g/mol. The van der Waals surface area contributed by atoms with Crippen LogP contribution in [0.25, 0.3) is 11.1 Å². The summed E-state index contributed by atoms with van der Waals surface area (Å²) in [5.74, 6) is 0.761. The molecule has 1 aliphatic carbocycles. The van der Waals surface area contributed by atoms with Gasteiger partial charge >= 0.3 is 0 Å². The zero-order chi connectivity index (χ0) is 20.1. The molecular weight excluding hydrogens is 352 g/mol. The van der Waals surface area contributed by atoms with Gasteiger partial charge in [-0.25, -0.2) is 8.78 Å². The van der Waals surface area contributed by atoms with E-state index in [-0.39, 0.29) is 0 Å². The minimum atomic E-state index is -0.811. The van der Waals surface area contributed by atoms with Crippen molar-refractivity contribution in [2.75, 3.05) is 0 Å². The van der Waals surface area contributed by atoms with Crippen LogP contribution in [0, 0.1) is 40.7 Å². The van der Waals surface area contributed by atoms with Crippen molar-refractivity contribution in [3.8, 4) is 17.2 Å². The summed E-state index contributed by atoms with van der Waals surface area (Å²) in [4.78, 5) is 0. The SMILES string of the molecule is CCCC1CCC(C(C)Cc2ccc(-c3cc(F)c(C#N)c(F)c3)cc2)CC1. The van der Waals surface area contributed by atoms with Gasteiger partial charge in [-0.05, 0) is 65.8 Å². The molecule has 3 heteroatoms. The van der Waals surface area contributed by atoms with E-state index in [2.05, 4.69) is 26.0 Å². The molecule has 0 aliphatic heterocycles. The van der Waals surface area contributed by atoms with Crippen molar-refractivity contribution in [1.29, 1.82) is 5.26 Å². The van der Waals surface area contributed by atoms with E-state index >= 15 is 0 Å². The van der Waals surface area contributed by atoms with E-state index in [1.54, 1.807) is 6.07 Å². The lowest BCUT2D eigenvalue weighted by Crippen LogP contribution is -2.21. The minimum absolute atomic E-state index is 0.461. The Kier molecular flexibility index (Phi) is 6.83. The number of rotatable bonds is 6. The van der Waals surface area contributed by atoms with Crippen molar-refractivity contribution in [2.45, 2.75) is 58.8 Å². The fourth-order valence-electron chi connectivity index (χ4n) is 4.67. The van der Waals surface area contributed by atoms with E-state index in [0.29, 0.717) is 11.5 Å². The first-order chi connectivity index (χ1) is 13.5. The molecule has 1 atom stereocenters. The Balaban J connectivity index is 1.63. The van der Waals surface area contributed by atoms with E-state index in [0.717, 1.165) is 23.8 Å². The molecule has 1 saturated carbocycles. The zero-order valence-corrected chi connectivity index (χ0v) is 16.8. The molecule has 28 heavy (non-hydrogen) atoms. The Morgan fingerprint density at radius 3 is 2.14 bits per heavy atom. The van der Waals surface area contributed by atoms with Gasteiger partial charge in [0.15, 0.2) is 0 Å². The molecule has 0 spiro atoms. The minimum Gasteiger partial charge on any atom is -0.205 e. The Morgan fingerprint density at radius 1 is 1.00 bits per heavy atom. The molecule has 1 aliphatic rings. The number of halogens is 2. The van der Waals surface area contributed by atoms with Crippen LogP contribution in [0.1, 0.15) is 63.5 Å². The highest BCUT2D eigenvalue weighted by atomic mass is 19.1. The normalized spacial score (nSPS) is 20.5. The number of hydrogen-bond acceptors (Lipinski definition) is 1. The van der Waals surface area contributed by atoms with E-state index in [9.17, 15) is 8.78 Å². The van der Waals surface area contributed by atoms with Crippen molar-refractivity contribution in [3.63, 3.8) is 0 Å². The van der Waals surface area contributed by atoms with Gasteiger partial charge in [-0.1, -0.05) is 63.8 Å². The summed E-state index contributed by atoms with van der Waals surface area (Å²) in [7, 11) is 0. The maximum atomic E-state index is 13.9. The zero-order valence-electron chi connectivity index (χ0n) is 16.8. The van der Waals surface area contributed by atoms with Gasteiger partial charge in [-0.15, -0.1) is 0 Å². The second-order valence-electron chi connectivity index (χ2n) is 8.37. The molecule has 1 fully saturated rings. The van der Waals surface area contributed by atoms with Crippen LogP contribution in [0.4, 0.5) is 8.78 Å². The highest BCUT2D eigenvalue weighted by Crippen LogP contribution is 2.36. The van der Waals surface area contributed by atoms with Crippen LogP contribution in [-0.4, -0.2) is 0 Å². The lowest BCUT2D eigenvalue weighted by Gasteiger charge is -2.32. The third kappa shape index (κ3) is 4.79. The summed E-state index contributed by atoms with van der Waals surface area (Å²) >= 11 is 0. The van der Waals surface area contributed by atoms with Crippen molar-refractivity contribution >= 4 is 0 Å². The summed E-state index contributed by atoms with van der Waals surface area (Å²) in [5, 5.41) is 8.80. The Hall–Kier alpha value is -2.21. The summed E-state index contributed by atoms with van der Waals surface area (Å²) in [5.41, 5.74) is 1.96. The number of nitrogens with zero attached hydrogens (tertiary/aromatic N) is 1. The van der Waals surface area contributed by atoms with Crippen molar-refractivity contribution in [1.82, 2.24) is 0 Å². The van der Waals surface area contributed by atoms with Gasteiger partial charge in [0.05, 0.1) is 0 Å². The van der Waals surface area contributed by atoms with Gasteiger partial charge in [-0.3, -0.25) is 0 Å². The smallest absolute Gasteiger partial charge is 0.144 e. The summed E-state index contributed by atoms with van der Waals surface area (Å²) in [6, 6.07) is 12.0. The second kappa shape index (κ2) is 9.32. The molecule has 2 aromatic carbocycles. The molecular formula is C25H29F2N. The topological polar surface area (TPSA) is 23.8 Å². The number of hydrogen-bond donors (Lipinski definition) is 0. The number of nitriles is 1. The standard InChI is InChI=1S/C25H29F2N/c1-3-4-18-5-9-20(10-6-18)17(2)13-19-7-11-21(12-8-19)22-14-24(26)23(16-28)25(27)15-22/h7-8,11-12,14-15,17-18,20H,3-6,9-10,13H2,1-2H3. The molecule has 0 aromatic heterocycles. The third-order valence-corrected chi connectivity index (χ3v) is 6.39. The van der Waals surface area contributed by atoms with Crippen molar-refractivity contribution < 1.29 is 8.78 Å². The highest BCUT2D eigenvalue weighted by Gasteiger charge is 2.24. The first-order valence-electron chi connectivity index (χ1n) is 10.5. The molecule has 3 rings (SSSR count). The lowest BCUT2D eigenvalue weighted by molar-refractivity contribution is 0.206. The highest BCUT2D eigenvalue weighted by molar-refractivity contribution is 5.65. The van der Waals surface area contributed by atoms with Gasteiger partial charge in [0.25, 0.3) is 0 Å². The van der Waals surface area contributed by atoms with Crippen molar-refractivity contribution in [3.05, 3.63) is 59.2 Å². The predicted molar refractivity (Wildman–Crippen MR) is 110 cm³/mol. The Labute approximate surface area is 167 Å². The molecule has 0 saturated heterocycles. The summed E-state index contributed by atoms with van der Waals surface area (Å²) in [6.07, 6.45) is 9.14. The van der Waals surface area contributed by atoms with E-state index in [4.69, 9.17) is 5.26 Å². The molecule has 148 valence electrons. The maximum Gasteiger partial charge on any atom is 0.144 e. The van der Waals surface area contributed by atoms with Crippen LogP contribution in [0.5, 0.6) is 0 Å². The van der Waals surface area contributed by atoms with Crippen LogP contribution < -0.4 is 0 Å². The fraction of sp³-hybridized carbons (Fsp3) is 0.480. The monoisotopic (exact) mass is 381 g/mol. The maximum absolute atomic E-state index is 13.9. The van der Waals surface area contributed by atoms with Gasteiger partial charge in [0.1, 0.15) is 23.3 Å². The van der Waals surface area contributed by atoms with Crippen LogP contribution in [0.15, 0.2) is 36.4 Å². The lowest BCUT2D eigenvalue weighted by atomic mass is 9.73. The van der Waals surface area contributed by atoms with E-state index in [1.165, 1.54) is 56.2 Å². The first-order valence-corrected chi connectivity index (χ1v) is 10.5. The predicted octanol–water partition coefficient (Wildman–Crippen LogP) is 7.29. The average Bonchev–Trinajstić information content (AvgIpc) is 2.69. The van der Waals surface area contributed by atoms with Gasteiger partial charge < -0.3 is 0 Å². The van der Waals surface area contributed by atoms with Gasteiger partial charge in [0, 0.05) is 0 Å². The molecule has 1 nitrogen and oxygen atoms in total. The quantitative estimate of drug-likeness (QED) is 0.515. The van der Waals surface area contributed by atoms with Crippen molar-refractivity contribution in [2.24, 2.45) is 17.8 Å². The van der Waals surface area contributed by atoms with E-state index < -0.39 is 17.2 Å². The summed E-state index contributed by atoms with van der Waals surface area (Å²) in [6.45, 7) is 4.63. The second-order valence-corrected chi connectivity index (χ2v) is 8.37. The Bertz CT molecular complexity index is 804. The molecule has 0 N–H and O–H groups in total. The number of benzene rings is 2. The third-order valence-electron chi connectivity index (χ3n) is 6.39. The van der Waals surface area contributed by atoms with Gasteiger partial charge in [-0.2, -0.15) is 5.26 Å². The van der Waals surface area contributed by atoms with Crippen LogP contribution in [0.2, 0.25) is 0 Å². The first kappa shape index (κ1) is 20.5. The molecule has 2 aromatic rings. The van der Waals surface area contributed by atoms with Gasteiger partial charge in [0.2, 0.25) is 0 Å². The summed E-state index contributed by atoms with van der Waals surface area (Å²) < 4.78 is 27.7. The van der Waals surface area contributed by atoms with Crippen LogP contribution in [-0.2, 0) is 6.42 Å². The molecule has 1 unspecified atom stereocenters. The largest absolute Gasteiger partial charge is 0.205 e. The van der Waals surface area contributed by atoms with Crippen LogP contribution >= 0.6 is 0 Å². The molecule has 0 radical (unpaired) electrons. The molecule has 0 bridgehead atoms. The molecule has 0 amide bonds. The van der Waals surface area contributed by atoms with Crippen LogP contribution in [0.3, 0.4) is 0 Å². The fourth-order valence-corrected chi connectivity index (χ4v) is 4.67.